The second kappa shape index (κ2) is 8.71. The van der Waals surface area contributed by atoms with Gasteiger partial charge in [-0.1, -0.05) is 12.1 Å². The number of fused-ring (bicyclic) bond motifs is 1. The molecule has 0 radical (unpaired) electrons. The topological polar surface area (TPSA) is 75.6 Å². The molecule has 1 aliphatic rings. The van der Waals surface area contributed by atoms with Gasteiger partial charge < -0.3 is 20.0 Å². The maximum Gasteiger partial charge on any atom is 0.298 e. The van der Waals surface area contributed by atoms with Crippen molar-refractivity contribution in [2.24, 2.45) is 0 Å². The molecule has 0 atom stereocenters. The number of anilines is 2. The van der Waals surface area contributed by atoms with Gasteiger partial charge in [0.2, 0.25) is 0 Å². The Labute approximate surface area is 176 Å². The average molecular weight is 423 g/mol. The number of nitrogens with zero attached hydrogens (tertiary/aromatic N) is 3. The Balaban J connectivity index is 0.00000140. The van der Waals surface area contributed by atoms with E-state index in [0.29, 0.717) is 43.4 Å². The Hall–Kier alpha value is -2.44. The lowest BCUT2D eigenvalue weighted by molar-refractivity contribution is 0.0744. The van der Waals surface area contributed by atoms with Gasteiger partial charge >= 0.3 is 0 Å². The highest BCUT2D eigenvalue weighted by Gasteiger charge is 2.25. The zero-order valence-electron chi connectivity index (χ0n) is 15.8. The van der Waals surface area contributed by atoms with Crippen molar-refractivity contribution in [3.8, 4) is 0 Å². The van der Waals surface area contributed by atoms with Crippen LogP contribution < -0.4 is 10.6 Å². The fraction of sp³-hybridized carbons (Fsp3) is 0.300. The number of oxazole rings is 1. The van der Waals surface area contributed by atoms with Crippen molar-refractivity contribution >= 4 is 53.5 Å². The van der Waals surface area contributed by atoms with E-state index in [1.165, 1.54) is 0 Å². The van der Waals surface area contributed by atoms with Gasteiger partial charge in [-0.2, -0.15) is 4.98 Å². The van der Waals surface area contributed by atoms with Gasteiger partial charge in [-0.15, -0.1) is 24.8 Å². The molecule has 0 saturated carbocycles. The molecule has 1 fully saturated rings. The molecule has 1 saturated heterocycles. The molecule has 3 aromatic rings. The van der Waals surface area contributed by atoms with Crippen molar-refractivity contribution in [1.82, 2.24) is 9.88 Å². The number of hydrogen-bond donors (Lipinski definition) is 1. The molecule has 6 nitrogen and oxygen atoms in total. The number of carbonyl (C=O) groups excluding carboxylic acids is 1. The van der Waals surface area contributed by atoms with Crippen LogP contribution in [-0.4, -0.2) is 42.0 Å². The van der Waals surface area contributed by atoms with Gasteiger partial charge in [0, 0.05) is 37.4 Å². The second-order valence-electron chi connectivity index (χ2n) is 6.82. The van der Waals surface area contributed by atoms with Gasteiger partial charge in [0.05, 0.1) is 0 Å². The quantitative estimate of drug-likeness (QED) is 0.634. The molecule has 1 aliphatic heterocycles. The van der Waals surface area contributed by atoms with Crippen LogP contribution in [0.3, 0.4) is 0 Å². The number of halogens is 2. The van der Waals surface area contributed by atoms with Crippen LogP contribution >= 0.6 is 24.8 Å². The Morgan fingerprint density at radius 3 is 2.46 bits per heavy atom. The third-order valence-corrected chi connectivity index (χ3v) is 4.86. The van der Waals surface area contributed by atoms with E-state index in [-0.39, 0.29) is 30.7 Å². The van der Waals surface area contributed by atoms with E-state index >= 15 is 0 Å². The first kappa shape index (κ1) is 21.9. The molecule has 2 N–H and O–H groups in total. The molecule has 0 aliphatic carbocycles. The standard InChI is InChI=1S/C20H22N4O2.2ClH/c1-13-3-6-18-17(11-13)22-20(26-18)24-9-7-23(8-10-24)19(25)16-12-15(21)5-4-14(16)2;;/h3-6,11-12H,7-10,21H2,1-2H3;2*1H. The van der Waals surface area contributed by atoms with Crippen LogP contribution in [0.25, 0.3) is 11.1 Å². The number of hydrogen-bond acceptors (Lipinski definition) is 5. The molecule has 4 rings (SSSR count). The summed E-state index contributed by atoms with van der Waals surface area (Å²) in [5, 5.41) is 0. The highest BCUT2D eigenvalue weighted by molar-refractivity contribution is 5.96. The van der Waals surface area contributed by atoms with Gasteiger partial charge in [0.25, 0.3) is 11.9 Å². The van der Waals surface area contributed by atoms with Crippen molar-refractivity contribution in [3.63, 3.8) is 0 Å². The first-order chi connectivity index (χ1) is 12.5. The third-order valence-electron chi connectivity index (χ3n) is 4.86. The van der Waals surface area contributed by atoms with Crippen LogP contribution in [0.5, 0.6) is 0 Å². The average Bonchev–Trinajstić information content (AvgIpc) is 3.06. The fourth-order valence-electron chi connectivity index (χ4n) is 3.30. The van der Waals surface area contributed by atoms with Crippen LogP contribution in [0, 0.1) is 13.8 Å². The molecule has 8 heteroatoms. The number of rotatable bonds is 2. The smallest absolute Gasteiger partial charge is 0.298 e. The summed E-state index contributed by atoms with van der Waals surface area (Å²) >= 11 is 0. The first-order valence-corrected chi connectivity index (χ1v) is 8.79. The van der Waals surface area contributed by atoms with E-state index in [9.17, 15) is 4.79 Å². The lowest BCUT2D eigenvalue weighted by atomic mass is 10.1. The van der Waals surface area contributed by atoms with Gasteiger partial charge in [0.15, 0.2) is 5.58 Å². The molecule has 0 unspecified atom stereocenters. The lowest BCUT2D eigenvalue weighted by Gasteiger charge is -2.34. The van der Waals surface area contributed by atoms with Crippen LogP contribution in [-0.2, 0) is 0 Å². The van der Waals surface area contributed by atoms with Crippen molar-refractivity contribution in [2.45, 2.75) is 13.8 Å². The van der Waals surface area contributed by atoms with E-state index in [1.54, 1.807) is 6.07 Å². The summed E-state index contributed by atoms with van der Waals surface area (Å²) in [7, 11) is 0. The van der Waals surface area contributed by atoms with Crippen LogP contribution in [0.1, 0.15) is 21.5 Å². The predicted molar refractivity (Wildman–Crippen MR) is 117 cm³/mol. The minimum atomic E-state index is 0. The molecule has 28 heavy (non-hydrogen) atoms. The van der Waals surface area contributed by atoms with Crippen molar-refractivity contribution in [1.29, 1.82) is 0 Å². The summed E-state index contributed by atoms with van der Waals surface area (Å²) < 4.78 is 5.87. The SMILES string of the molecule is Cc1ccc2oc(N3CCN(C(=O)c4cc(N)ccc4C)CC3)nc2c1.Cl.Cl. The van der Waals surface area contributed by atoms with Gasteiger partial charge in [-0.3, -0.25) is 4.79 Å². The van der Waals surface area contributed by atoms with Gasteiger partial charge in [0.1, 0.15) is 5.52 Å². The first-order valence-electron chi connectivity index (χ1n) is 8.79. The number of aromatic nitrogens is 1. The number of carbonyl (C=O) groups is 1. The molecular weight excluding hydrogens is 399 g/mol. The number of amides is 1. The molecule has 0 spiro atoms. The minimum Gasteiger partial charge on any atom is -0.423 e. The number of piperazine rings is 1. The number of aryl methyl sites for hydroxylation is 2. The maximum absolute atomic E-state index is 12.8. The van der Waals surface area contributed by atoms with Crippen molar-refractivity contribution < 1.29 is 9.21 Å². The Kier molecular flexibility index (Phi) is 6.80. The van der Waals surface area contributed by atoms with Gasteiger partial charge in [-0.05, 0) is 49.2 Å². The Morgan fingerprint density at radius 1 is 1.04 bits per heavy atom. The highest BCUT2D eigenvalue weighted by Crippen LogP contribution is 2.24. The fourth-order valence-corrected chi connectivity index (χ4v) is 3.30. The van der Waals surface area contributed by atoms with Crippen LogP contribution in [0.2, 0.25) is 0 Å². The summed E-state index contributed by atoms with van der Waals surface area (Å²) in [6.45, 7) is 6.62. The van der Waals surface area contributed by atoms with E-state index < -0.39 is 0 Å². The normalized spacial score (nSPS) is 13.8. The molecule has 1 amide bonds. The summed E-state index contributed by atoms with van der Waals surface area (Å²) in [6.07, 6.45) is 0. The van der Waals surface area contributed by atoms with E-state index in [2.05, 4.69) is 9.88 Å². The summed E-state index contributed by atoms with van der Waals surface area (Å²) in [5.74, 6) is 0.0302. The highest BCUT2D eigenvalue weighted by atomic mass is 35.5. The summed E-state index contributed by atoms with van der Waals surface area (Å²) in [6, 6.07) is 12.1. The number of nitrogen functional groups attached to an aromatic ring is 1. The summed E-state index contributed by atoms with van der Waals surface area (Å²) in [4.78, 5) is 21.4. The summed E-state index contributed by atoms with van der Waals surface area (Å²) in [5.41, 5.74) is 10.9. The number of benzene rings is 2. The maximum atomic E-state index is 12.8. The lowest BCUT2D eigenvalue weighted by Crippen LogP contribution is -2.49. The third kappa shape index (κ3) is 4.18. The van der Waals surface area contributed by atoms with E-state index in [1.807, 2.05) is 49.1 Å². The monoisotopic (exact) mass is 422 g/mol. The van der Waals surface area contributed by atoms with E-state index in [0.717, 1.165) is 22.2 Å². The minimum absolute atomic E-state index is 0. The second-order valence-corrected chi connectivity index (χ2v) is 6.82. The van der Waals surface area contributed by atoms with Crippen molar-refractivity contribution in [3.05, 3.63) is 53.1 Å². The Bertz CT molecular complexity index is 981. The molecule has 2 aromatic carbocycles. The van der Waals surface area contributed by atoms with E-state index in [4.69, 9.17) is 10.2 Å². The molecule has 1 aromatic heterocycles. The molecule has 0 bridgehead atoms. The molecule has 2 heterocycles. The molecule has 150 valence electrons. The zero-order valence-corrected chi connectivity index (χ0v) is 17.5. The predicted octanol–water partition coefficient (Wildman–Crippen LogP) is 3.83. The number of nitrogens with two attached hydrogens (primary N) is 1. The van der Waals surface area contributed by atoms with Crippen LogP contribution in [0.15, 0.2) is 40.8 Å². The Morgan fingerprint density at radius 2 is 1.75 bits per heavy atom. The van der Waals surface area contributed by atoms with Crippen LogP contribution in [0.4, 0.5) is 11.7 Å². The van der Waals surface area contributed by atoms with Crippen molar-refractivity contribution in [2.75, 3.05) is 36.8 Å². The largest absolute Gasteiger partial charge is 0.423 e. The van der Waals surface area contributed by atoms with Gasteiger partial charge in [-0.25, -0.2) is 0 Å². The molecular formula is C20H24Cl2N4O2. The zero-order chi connectivity index (χ0) is 18.3.